The molecule has 0 aliphatic carbocycles. The molecule has 0 saturated heterocycles. The van der Waals surface area contributed by atoms with Crippen LogP contribution < -0.4 is 4.74 Å². The molecule has 0 aliphatic heterocycles. The summed E-state index contributed by atoms with van der Waals surface area (Å²) in [7, 11) is -1.37. The maximum atomic E-state index is 13.5. The monoisotopic (exact) mass is 234 g/mol. The third kappa shape index (κ3) is 2.90. The van der Waals surface area contributed by atoms with Crippen LogP contribution in [-0.4, -0.2) is 22.6 Å². The van der Waals surface area contributed by atoms with Crippen LogP contribution in [0.3, 0.4) is 0 Å². The van der Waals surface area contributed by atoms with E-state index in [0.29, 0.717) is 0 Å². The van der Waals surface area contributed by atoms with E-state index in [2.05, 4.69) is 4.18 Å². The Kier molecular flexibility index (Phi) is 3.65. The van der Waals surface area contributed by atoms with Gasteiger partial charge in [-0.05, 0) is 6.07 Å². The van der Waals surface area contributed by atoms with E-state index >= 15 is 0 Å². The average Bonchev–Trinajstić information content (AvgIpc) is 2.21. The van der Waals surface area contributed by atoms with Gasteiger partial charge in [0.15, 0.2) is 11.6 Å². The van der Waals surface area contributed by atoms with Crippen LogP contribution in [0.5, 0.6) is 5.75 Å². The molecule has 0 saturated carbocycles. The summed E-state index contributed by atoms with van der Waals surface area (Å²) in [5, 5.41) is 0. The van der Waals surface area contributed by atoms with Gasteiger partial charge in [-0.25, -0.2) is 4.39 Å². The minimum absolute atomic E-state index is 0.0128. The highest BCUT2D eigenvalue weighted by Gasteiger charge is 2.16. The minimum atomic E-state index is -3.72. The van der Waals surface area contributed by atoms with Gasteiger partial charge in [-0.2, -0.15) is 8.42 Å². The predicted octanol–water partition coefficient (Wildman–Crippen LogP) is 1.31. The van der Waals surface area contributed by atoms with Gasteiger partial charge in [0.2, 0.25) is 0 Å². The molecule has 0 atom stereocenters. The van der Waals surface area contributed by atoms with E-state index < -0.39 is 21.7 Å². The first kappa shape index (κ1) is 11.9. The van der Waals surface area contributed by atoms with Crippen LogP contribution in [0, 0.1) is 5.82 Å². The Morgan fingerprint density at radius 1 is 1.33 bits per heavy atom. The van der Waals surface area contributed by atoms with E-state index in [0.717, 1.165) is 7.11 Å². The summed E-state index contributed by atoms with van der Waals surface area (Å²) in [5.41, 5.74) is 0.0243. The summed E-state index contributed by atoms with van der Waals surface area (Å²) < 4.78 is 44.6. The number of ether oxygens (including phenoxy) is 1. The van der Waals surface area contributed by atoms with Gasteiger partial charge < -0.3 is 4.74 Å². The second kappa shape index (κ2) is 4.59. The van der Waals surface area contributed by atoms with Crippen molar-refractivity contribution in [1.82, 2.24) is 0 Å². The Morgan fingerprint density at radius 3 is 2.53 bits per heavy atom. The summed E-state index contributed by atoms with van der Waals surface area (Å²) in [6, 6.07) is 4.30. The highest BCUT2D eigenvalue weighted by molar-refractivity contribution is 7.85. The normalized spacial score (nSPS) is 11.4. The van der Waals surface area contributed by atoms with Gasteiger partial charge in [0.1, 0.15) is 5.75 Å². The third-order valence-electron chi connectivity index (χ3n) is 1.85. The molecule has 0 aromatic heterocycles. The van der Waals surface area contributed by atoms with Crippen molar-refractivity contribution < 1.29 is 21.7 Å². The highest BCUT2D eigenvalue weighted by atomic mass is 32.2. The lowest BCUT2D eigenvalue weighted by molar-refractivity contribution is 0.382. The molecule has 0 bridgehead atoms. The quantitative estimate of drug-likeness (QED) is 0.737. The number of rotatable bonds is 4. The van der Waals surface area contributed by atoms with E-state index in [4.69, 9.17) is 4.74 Å². The van der Waals surface area contributed by atoms with Crippen LogP contribution >= 0.6 is 0 Å². The van der Waals surface area contributed by atoms with Crippen LogP contribution in [-0.2, 0) is 20.1 Å². The van der Waals surface area contributed by atoms with Crippen LogP contribution in [0.4, 0.5) is 4.39 Å². The molecule has 4 nitrogen and oxygen atoms in total. The van der Waals surface area contributed by atoms with Crippen LogP contribution in [0.15, 0.2) is 18.2 Å². The molecular formula is C9H11FO4S. The van der Waals surface area contributed by atoms with Crippen LogP contribution in [0.2, 0.25) is 0 Å². The zero-order chi connectivity index (χ0) is 11.5. The Morgan fingerprint density at radius 2 is 2.00 bits per heavy atom. The van der Waals surface area contributed by atoms with Gasteiger partial charge >= 0.3 is 0 Å². The standard InChI is InChI=1S/C9H11FO4S/c1-13-8-5-3-4-7(9(8)10)6-15(11,12)14-2/h3-5H,6H2,1-2H3. The molecule has 1 aromatic carbocycles. The molecule has 84 valence electrons. The second-order valence-corrected chi connectivity index (χ2v) is 4.54. The molecule has 0 spiro atoms. The minimum Gasteiger partial charge on any atom is -0.494 e. The van der Waals surface area contributed by atoms with Gasteiger partial charge in [-0.15, -0.1) is 0 Å². The number of hydrogen-bond acceptors (Lipinski definition) is 4. The number of benzene rings is 1. The first-order chi connectivity index (χ1) is 7.00. The number of halogens is 1. The smallest absolute Gasteiger partial charge is 0.271 e. The van der Waals surface area contributed by atoms with E-state index in [1.807, 2.05) is 0 Å². The fourth-order valence-corrected chi connectivity index (χ4v) is 1.80. The van der Waals surface area contributed by atoms with Crippen molar-refractivity contribution in [3.63, 3.8) is 0 Å². The Hall–Kier alpha value is -1.14. The molecular weight excluding hydrogens is 223 g/mol. The van der Waals surface area contributed by atoms with Crippen LogP contribution in [0.1, 0.15) is 5.56 Å². The molecule has 0 aliphatic rings. The predicted molar refractivity (Wildman–Crippen MR) is 52.6 cm³/mol. The van der Waals surface area contributed by atoms with E-state index in [1.165, 1.54) is 25.3 Å². The average molecular weight is 234 g/mol. The molecule has 0 amide bonds. The molecule has 6 heteroatoms. The van der Waals surface area contributed by atoms with E-state index in [1.54, 1.807) is 0 Å². The Bertz CT molecular complexity index is 441. The van der Waals surface area contributed by atoms with Crippen molar-refractivity contribution in [3.8, 4) is 5.75 Å². The summed E-state index contributed by atoms with van der Waals surface area (Å²) in [5.74, 6) is -1.17. The molecule has 1 aromatic rings. The maximum absolute atomic E-state index is 13.5. The van der Waals surface area contributed by atoms with Crippen molar-refractivity contribution >= 4 is 10.1 Å². The maximum Gasteiger partial charge on any atom is 0.271 e. The first-order valence-corrected chi connectivity index (χ1v) is 5.67. The molecule has 0 radical (unpaired) electrons. The lowest BCUT2D eigenvalue weighted by atomic mass is 10.2. The van der Waals surface area contributed by atoms with Crippen molar-refractivity contribution in [1.29, 1.82) is 0 Å². The SMILES string of the molecule is COc1cccc(CS(=O)(=O)OC)c1F. The lowest BCUT2D eigenvalue weighted by Crippen LogP contribution is -2.07. The second-order valence-electron chi connectivity index (χ2n) is 2.80. The lowest BCUT2D eigenvalue weighted by Gasteiger charge is -2.06. The van der Waals surface area contributed by atoms with Crippen molar-refractivity contribution in [3.05, 3.63) is 29.6 Å². The summed E-state index contributed by atoms with van der Waals surface area (Å²) in [4.78, 5) is 0. The third-order valence-corrected chi connectivity index (χ3v) is 3.02. The molecule has 1 rings (SSSR count). The number of hydrogen-bond donors (Lipinski definition) is 0. The summed E-state index contributed by atoms with van der Waals surface area (Å²) in [6.07, 6.45) is 0. The zero-order valence-corrected chi connectivity index (χ0v) is 9.17. The molecule has 0 heterocycles. The fraction of sp³-hybridized carbons (Fsp3) is 0.333. The topological polar surface area (TPSA) is 52.6 Å². The largest absolute Gasteiger partial charge is 0.494 e. The number of methoxy groups -OCH3 is 1. The molecule has 0 fully saturated rings. The Balaban J connectivity index is 3.06. The zero-order valence-electron chi connectivity index (χ0n) is 8.36. The highest BCUT2D eigenvalue weighted by Crippen LogP contribution is 2.21. The Labute approximate surface area is 87.8 Å². The van der Waals surface area contributed by atoms with Crippen LogP contribution in [0.25, 0.3) is 0 Å². The van der Waals surface area contributed by atoms with Gasteiger partial charge in [0.25, 0.3) is 10.1 Å². The van der Waals surface area contributed by atoms with Gasteiger partial charge in [-0.1, -0.05) is 12.1 Å². The van der Waals surface area contributed by atoms with Gasteiger partial charge in [-0.3, -0.25) is 4.18 Å². The van der Waals surface area contributed by atoms with Gasteiger partial charge in [0, 0.05) is 5.56 Å². The molecule has 0 N–H and O–H groups in total. The van der Waals surface area contributed by atoms with Crippen molar-refractivity contribution in [2.24, 2.45) is 0 Å². The summed E-state index contributed by atoms with van der Waals surface area (Å²) in [6.45, 7) is 0. The van der Waals surface area contributed by atoms with E-state index in [9.17, 15) is 12.8 Å². The molecule has 15 heavy (non-hydrogen) atoms. The first-order valence-electron chi connectivity index (χ1n) is 4.10. The van der Waals surface area contributed by atoms with Crippen molar-refractivity contribution in [2.75, 3.05) is 14.2 Å². The van der Waals surface area contributed by atoms with Crippen molar-refractivity contribution in [2.45, 2.75) is 5.75 Å². The van der Waals surface area contributed by atoms with E-state index in [-0.39, 0.29) is 11.3 Å². The van der Waals surface area contributed by atoms with Gasteiger partial charge in [0.05, 0.1) is 14.2 Å². The fourth-order valence-electron chi connectivity index (χ4n) is 1.07. The molecule has 0 unspecified atom stereocenters. The summed E-state index contributed by atoms with van der Waals surface area (Å²) >= 11 is 0.